The van der Waals surface area contributed by atoms with Crippen molar-refractivity contribution >= 4 is 17.7 Å². The average Bonchev–Trinajstić information content (AvgIpc) is 2.88. The molecule has 2 aliphatic rings. The molecule has 9 nitrogen and oxygen atoms in total. The summed E-state index contributed by atoms with van der Waals surface area (Å²) >= 11 is 0. The van der Waals surface area contributed by atoms with Gasteiger partial charge in [0, 0.05) is 50.0 Å². The molecule has 1 heterocycles. The third-order valence-corrected chi connectivity index (χ3v) is 7.26. The lowest BCUT2D eigenvalue weighted by atomic mass is 9.89. The molecule has 1 amide bonds. The second kappa shape index (κ2) is 14.0. The van der Waals surface area contributed by atoms with Gasteiger partial charge in [0.2, 0.25) is 0 Å². The van der Waals surface area contributed by atoms with Crippen LogP contribution in [0, 0.1) is 6.92 Å². The topological polar surface area (TPSA) is 89.6 Å². The molecule has 0 bridgehead atoms. The lowest BCUT2D eigenvalue weighted by molar-refractivity contribution is 0.0358. The van der Waals surface area contributed by atoms with Crippen LogP contribution in [-0.4, -0.2) is 87.8 Å². The average molecular weight is 534 g/mol. The fourth-order valence-corrected chi connectivity index (χ4v) is 5.31. The molecule has 0 spiro atoms. The van der Waals surface area contributed by atoms with Gasteiger partial charge in [-0.2, -0.15) is 0 Å². The van der Waals surface area contributed by atoms with Crippen LogP contribution < -0.4 is 15.0 Å². The number of carbonyl (C=O) groups excluding carboxylic acids is 2. The highest BCUT2D eigenvalue weighted by Gasteiger charge is 2.29. The van der Waals surface area contributed by atoms with E-state index in [1.54, 1.807) is 6.07 Å². The van der Waals surface area contributed by atoms with Gasteiger partial charge in [0.05, 0.1) is 32.5 Å². The van der Waals surface area contributed by atoms with E-state index in [1.807, 2.05) is 27.7 Å². The molecule has 3 rings (SSSR count). The number of ether oxygens (including phenoxy) is 4. The summed E-state index contributed by atoms with van der Waals surface area (Å²) in [5, 5.41) is 3.03. The van der Waals surface area contributed by atoms with Gasteiger partial charge in [-0.3, -0.25) is 4.90 Å². The van der Waals surface area contributed by atoms with Gasteiger partial charge in [0.1, 0.15) is 11.4 Å². The van der Waals surface area contributed by atoms with E-state index in [0.717, 1.165) is 82.7 Å². The predicted octanol–water partition coefficient (Wildman–Crippen LogP) is 4.54. The molecule has 214 valence electrons. The monoisotopic (exact) mass is 533 g/mol. The molecule has 38 heavy (non-hydrogen) atoms. The molecular formula is C29H47N3O6. The number of carbonyl (C=O) groups is 2. The van der Waals surface area contributed by atoms with E-state index in [0.29, 0.717) is 24.0 Å². The highest BCUT2D eigenvalue weighted by Crippen LogP contribution is 2.34. The normalized spacial score (nSPS) is 20.5. The molecule has 1 aromatic carbocycles. The zero-order chi connectivity index (χ0) is 27.7. The van der Waals surface area contributed by atoms with Crippen molar-refractivity contribution in [3.05, 3.63) is 23.3 Å². The molecule has 1 aliphatic heterocycles. The van der Waals surface area contributed by atoms with Crippen molar-refractivity contribution in [1.29, 1.82) is 0 Å². The summed E-state index contributed by atoms with van der Waals surface area (Å²) in [4.78, 5) is 29.6. The van der Waals surface area contributed by atoms with Gasteiger partial charge < -0.3 is 29.2 Å². The SMILES string of the molecule is CCN(c1cc(OCCCN2CCOCC2)cc(C(=O)OC)c1C)C1CCC(NC(=O)OC(C)(C)C)CC1. The Hall–Kier alpha value is -2.52. The highest BCUT2D eigenvalue weighted by atomic mass is 16.6. The number of nitrogens with zero attached hydrogens (tertiary/aromatic N) is 2. The number of amides is 1. The molecule has 0 unspecified atom stereocenters. The summed E-state index contributed by atoms with van der Waals surface area (Å²) in [6.07, 6.45) is 4.17. The van der Waals surface area contributed by atoms with Crippen LogP contribution in [0.3, 0.4) is 0 Å². The third kappa shape index (κ3) is 8.76. The van der Waals surface area contributed by atoms with Gasteiger partial charge >= 0.3 is 12.1 Å². The van der Waals surface area contributed by atoms with Gasteiger partial charge in [-0.15, -0.1) is 0 Å². The van der Waals surface area contributed by atoms with E-state index in [2.05, 4.69) is 28.1 Å². The maximum atomic E-state index is 12.6. The zero-order valence-electron chi connectivity index (χ0n) is 24.1. The first-order valence-electron chi connectivity index (χ1n) is 14.0. The zero-order valence-corrected chi connectivity index (χ0v) is 24.1. The summed E-state index contributed by atoms with van der Waals surface area (Å²) < 4.78 is 22.1. The van der Waals surface area contributed by atoms with Crippen molar-refractivity contribution in [1.82, 2.24) is 10.2 Å². The summed E-state index contributed by atoms with van der Waals surface area (Å²) in [6, 6.07) is 4.27. The number of nitrogens with one attached hydrogen (secondary N) is 1. The minimum absolute atomic E-state index is 0.104. The van der Waals surface area contributed by atoms with E-state index < -0.39 is 5.60 Å². The first-order valence-corrected chi connectivity index (χ1v) is 14.0. The number of alkyl carbamates (subject to hydrolysis) is 1. The summed E-state index contributed by atoms with van der Waals surface area (Å²) in [7, 11) is 1.41. The minimum atomic E-state index is -0.509. The Balaban J connectivity index is 1.66. The second-order valence-corrected chi connectivity index (χ2v) is 11.2. The molecule has 2 fully saturated rings. The van der Waals surface area contributed by atoms with Crippen LogP contribution in [0.25, 0.3) is 0 Å². The van der Waals surface area contributed by atoms with Crippen molar-refractivity contribution in [2.75, 3.05) is 58.0 Å². The fraction of sp³-hybridized carbons (Fsp3) is 0.724. The highest BCUT2D eigenvalue weighted by molar-refractivity contribution is 5.93. The molecule has 9 heteroatoms. The number of anilines is 1. The number of benzene rings is 1. The molecule has 0 radical (unpaired) electrons. The minimum Gasteiger partial charge on any atom is -0.493 e. The van der Waals surface area contributed by atoms with E-state index in [-0.39, 0.29) is 18.1 Å². The van der Waals surface area contributed by atoms with Gasteiger partial charge in [0.15, 0.2) is 0 Å². The van der Waals surface area contributed by atoms with Gasteiger partial charge in [0.25, 0.3) is 0 Å². The first-order chi connectivity index (χ1) is 18.1. The van der Waals surface area contributed by atoms with Gasteiger partial charge in [-0.1, -0.05) is 0 Å². The summed E-state index contributed by atoms with van der Waals surface area (Å²) in [5.41, 5.74) is 1.92. The van der Waals surface area contributed by atoms with E-state index >= 15 is 0 Å². The Labute approximate surface area is 228 Å². The van der Waals surface area contributed by atoms with Crippen LogP contribution in [0.4, 0.5) is 10.5 Å². The first kappa shape index (κ1) is 30.0. The maximum absolute atomic E-state index is 12.6. The van der Waals surface area contributed by atoms with Gasteiger partial charge in [-0.05, 0) is 78.4 Å². The second-order valence-electron chi connectivity index (χ2n) is 11.2. The van der Waals surface area contributed by atoms with Crippen LogP contribution >= 0.6 is 0 Å². The van der Waals surface area contributed by atoms with Gasteiger partial charge in [-0.25, -0.2) is 9.59 Å². The van der Waals surface area contributed by atoms with Crippen molar-refractivity contribution < 1.29 is 28.5 Å². The number of esters is 1. The van der Waals surface area contributed by atoms with E-state index in [4.69, 9.17) is 18.9 Å². The Morgan fingerprint density at radius 3 is 2.42 bits per heavy atom. The smallest absolute Gasteiger partial charge is 0.407 e. The Morgan fingerprint density at radius 1 is 1.13 bits per heavy atom. The number of rotatable bonds is 10. The predicted molar refractivity (Wildman–Crippen MR) is 148 cm³/mol. The van der Waals surface area contributed by atoms with Crippen molar-refractivity contribution in [2.45, 2.75) is 84.4 Å². The van der Waals surface area contributed by atoms with E-state index in [9.17, 15) is 9.59 Å². The molecule has 1 saturated carbocycles. The van der Waals surface area contributed by atoms with Crippen LogP contribution in [-0.2, 0) is 14.2 Å². The summed E-state index contributed by atoms with van der Waals surface area (Å²) in [5.74, 6) is 0.329. The lowest BCUT2D eigenvalue weighted by Gasteiger charge is -2.39. The molecule has 0 aromatic heterocycles. The molecule has 1 saturated heterocycles. The van der Waals surface area contributed by atoms with Crippen LogP contribution in [0.2, 0.25) is 0 Å². The van der Waals surface area contributed by atoms with E-state index in [1.165, 1.54) is 7.11 Å². The van der Waals surface area contributed by atoms with Crippen molar-refractivity contribution in [3.8, 4) is 5.75 Å². The Kier molecular flexibility index (Phi) is 11.1. The van der Waals surface area contributed by atoms with Crippen LogP contribution in [0.5, 0.6) is 5.75 Å². The molecule has 1 aromatic rings. The number of hydrogen-bond acceptors (Lipinski definition) is 8. The lowest BCUT2D eigenvalue weighted by Crippen LogP contribution is -2.45. The summed E-state index contributed by atoms with van der Waals surface area (Å²) in [6.45, 7) is 15.6. The number of hydrogen-bond donors (Lipinski definition) is 1. The van der Waals surface area contributed by atoms with Crippen LogP contribution in [0.1, 0.15) is 75.7 Å². The van der Waals surface area contributed by atoms with Crippen LogP contribution in [0.15, 0.2) is 12.1 Å². The third-order valence-electron chi connectivity index (χ3n) is 7.26. The van der Waals surface area contributed by atoms with Crippen molar-refractivity contribution in [3.63, 3.8) is 0 Å². The Bertz CT molecular complexity index is 918. The number of methoxy groups -OCH3 is 1. The standard InChI is InChI=1S/C29H47N3O6/c1-7-32(23-11-9-22(10-12-23)30-28(34)38-29(3,4)5)26-20-24(19-25(21(26)2)27(33)35-6)37-16-8-13-31-14-17-36-18-15-31/h19-20,22-23H,7-18H2,1-6H3,(H,30,34). The maximum Gasteiger partial charge on any atom is 0.407 e. The number of morpholine rings is 1. The Morgan fingerprint density at radius 2 is 1.82 bits per heavy atom. The molecule has 1 aliphatic carbocycles. The fourth-order valence-electron chi connectivity index (χ4n) is 5.31. The molecule has 0 atom stereocenters. The molecular weight excluding hydrogens is 486 g/mol. The largest absolute Gasteiger partial charge is 0.493 e. The quantitative estimate of drug-likeness (QED) is 0.346. The molecule has 1 N–H and O–H groups in total. The van der Waals surface area contributed by atoms with Crippen molar-refractivity contribution in [2.24, 2.45) is 0 Å².